The second-order valence-electron chi connectivity index (χ2n) is 4.31. The van der Waals surface area contributed by atoms with Crippen LogP contribution >= 0.6 is 0 Å². The molecule has 1 aromatic heterocycles. The Hall–Kier alpha value is -1.62. The van der Waals surface area contributed by atoms with Gasteiger partial charge in [0.25, 0.3) is 0 Å². The second kappa shape index (κ2) is 5.14. The van der Waals surface area contributed by atoms with Gasteiger partial charge in [0.15, 0.2) is 5.76 Å². The molecule has 5 nitrogen and oxygen atoms in total. The van der Waals surface area contributed by atoms with Gasteiger partial charge in [0.05, 0.1) is 18.7 Å². The number of carboxylic acids is 1. The Balaban J connectivity index is 1.91. The van der Waals surface area contributed by atoms with Crippen molar-refractivity contribution in [2.45, 2.75) is 12.8 Å². The lowest BCUT2D eigenvalue weighted by molar-refractivity contribution is -0.143. The zero-order valence-electron chi connectivity index (χ0n) is 9.46. The predicted octanol–water partition coefficient (Wildman–Crippen LogP) is 1.26. The number of nitrogens with zero attached hydrogens (tertiary/aromatic N) is 1. The molecular formula is C12H15NO4. The molecule has 1 fully saturated rings. The van der Waals surface area contributed by atoms with E-state index < -0.39 is 5.97 Å². The SMILES string of the molecule is O=C(CN1CCC[C@@H](C(=O)O)C1)c1ccco1. The fourth-order valence-corrected chi connectivity index (χ4v) is 2.12. The van der Waals surface area contributed by atoms with E-state index in [1.807, 2.05) is 4.90 Å². The van der Waals surface area contributed by atoms with E-state index in [-0.39, 0.29) is 18.2 Å². The Morgan fingerprint density at radius 1 is 1.53 bits per heavy atom. The van der Waals surface area contributed by atoms with E-state index in [4.69, 9.17) is 9.52 Å². The monoisotopic (exact) mass is 237 g/mol. The normalized spacial score (nSPS) is 21.3. The highest BCUT2D eigenvalue weighted by molar-refractivity contribution is 5.95. The minimum absolute atomic E-state index is 0.0963. The van der Waals surface area contributed by atoms with Crippen molar-refractivity contribution in [1.29, 1.82) is 0 Å². The van der Waals surface area contributed by atoms with E-state index >= 15 is 0 Å². The van der Waals surface area contributed by atoms with Gasteiger partial charge in [-0.25, -0.2) is 0 Å². The van der Waals surface area contributed by atoms with Gasteiger partial charge in [0.1, 0.15) is 0 Å². The smallest absolute Gasteiger partial charge is 0.307 e. The van der Waals surface area contributed by atoms with Crippen molar-refractivity contribution in [2.24, 2.45) is 5.92 Å². The van der Waals surface area contributed by atoms with E-state index in [1.165, 1.54) is 6.26 Å². The van der Waals surface area contributed by atoms with Crippen molar-refractivity contribution in [2.75, 3.05) is 19.6 Å². The number of carbonyl (C=O) groups is 2. The second-order valence-corrected chi connectivity index (χ2v) is 4.31. The quantitative estimate of drug-likeness (QED) is 0.798. The van der Waals surface area contributed by atoms with Crippen LogP contribution in [0.3, 0.4) is 0 Å². The molecule has 0 saturated carbocycles. The van der Waals surface area contributed by atoms with Crippen LogP contribution < -0.4 is 0 Å². The number of hydrogen-bond acceptors (Lipinski definition) is 4. The third-order valence-corrected chi connectivity index (χ3v) is 3.02. The van der Waals surface area contributed by atoms with E-state index in [9.17, 15) is 9.59 Å². The Morgan fingerprint density at radius 2 is 2.35 bits per heavy atom. The maximum atomic E-state index is 11.8. The summed E-state index contributed by atoms with van der Waals surface area (Å²) in [6.07, 6.45) is 2.98. The van der Waals surface area contributed by atoms with E-state index in [0.29, 0.717) is 18.7 Å². The molecule has 92 valence electrons. The Kier molecular flexibility index (Phi) is 3.58. The number of hydrogen-bond donors (Lipinski definition) is 1. The first-order valence-electron chi connectivity index (χ1n) is 5.68. The van der Waals surface area contributed by atoms with Crippen molar-refractivity contribution in [3.63, 3.8) is 0 Å². The first-order chi connectivity index (χ1) is 8.16. The summed E-state index contributed by atoms with van der Waals surface area (Å²) in [5.41, 5.74) is 0. The number of furan rings is 1. The molecule has 1 saturated heterocycles. The number of carboxylic acid groups (broad SMARTS) is 1. The lowest BCUT2D eigenvalue weighted by atomic mass is 9.98. The van der Waals surface area contributed by atoms with Crippen molar-refractivity contribution >= 4 is 11.8 Å². The van der Waals surface area contributed by atoms with Gasteiger partial charge in [0, 0.05) is 6.54 Å². The van der Waals surface area contributed by atoms with Gasteiger partial charge in [0.2, 0.25) is 5.78 Å². The number of aliphatic carboxylic acids is 1. The van der Waals surface area contributed by atoms with Gasteiger partial charge >= 0.3 is 5.97 Å². The van der Waals surface area contributed by atoms with Crippen molar-refractivity contribution < 1.29 is 19.1 Å². The van der Waals surface area contributed by atoms with Crippen LogP contribution in [0.2, 0.25) is 0 Å². The van der Waals surface area contributed by atoms with Crippen LogP contribution in [0.4, 0.5) is 0 Å². The molecule has 0 aromatic carbocycles. The molecule has 2 rings (SSSR count). The molecular weight excluding hydrogens is 222 g/mol. The molecule has 0 bridgehead atoms. The zero-order chi connectivity index (χ0) is 12.3. The van der Waals surface area contributed by atoms with Gasteiger partial charge in [-0.3, -0.25) is 14.5 Å². The van der Waals surface area contributed by atoms with Crippen LogP contribution in [0.1, 0.15) is 23.4 Å². The van der Waals surface area contributed by atoms with Crippen LogP contribution in [-0.2, 0) is 4.79 Å². The number of likely N-dealkylation sites (tertiary alicyclic amines) is 1. The highest BCUT2D eigenvalue weighted by Gasteiger charge is 2.26. The summed E-state index contributed by atoms with van der Waals surface area (Å²) in [7, 11) is 0. The van der Waals surface area contributed by atoms with Gasteiger partial charge in [-0.1, -0.05) is 0 Å². The number of Topliss-reactive ketones (excluding diaryl/α,β-unsaturated/α-hetero) is 1. The minimum atomic E-state index is -0.778. The van der Waals surface area contributed by atoms with Gasteiger partial charge < -0.3 is 9.52 Å². The minimum Gasteiger partial charge on any atom is -0.481 e. The van der Waals surface area contributed by atoms with Crippen LogP contribution in [0.25, 0.3) is 0 Å². The lowest BCUT2D eigenvalue weighted by Crippen LogP contribution is -2.41. The molecule has 1 atom stereocenters. The van der Waals surface area contributed by atoms with E-state index in [2.05, 4.69) is 0 Å². The highest BCUT2D eigenvalue weighted by atomic mass is 16.4. The summed E-state index contributed by atoms with van der Waals surface area (Å²) >= 11 is 0. The Morgan fingerprint density at radius 3 is 3.00 bits per heavy atom. The van der Waals surface area contributed by atoms with E-state index in [0.717, 1.165) is 13.0 Å². The van der Waals surface area contributed by atoms with Crippen molar-refractivity contribution in [3.05, 3.63) is 24.2 Å². The van der Waals surface area contributed by atoms with E-state index in [1.54, 1.807) is 12.1 Å². The first-order valence-corrected chi connectivity index (χ1v) is 5.68. The summed E-state index contributed by atoms with van der Waals surface area (Å²) in [6.45, 7) is 1.45. The number of ketones is 1. The fourth-order valence-electron chi connectivity index (χ4n) is 2.12. The highest BCUT2D eigenvalue weighted by Crippen LogP contribution is 2.17. The van der Waals surface area contributed by atoms with Gasteiger partial charge in [-0.05, 0) is 31.5 Å². The fraction of sp³-hybridized carbons (Fsp3) is 0.500. The summed E-state index contributed by atoms with van der Waals surface area (Å²) in [6, 6.07) is 3.30. The van der Waals surface area contributed by atoms with Gasteiger partial charge in [-0.2, -0.15) is 0 Å². The van der Waals surface area contributed by atoms with Gasteiger partial charge in [-0.15, -0.1) is 0 Å². The van der Waals surface area contributed by atoms with Crippen LogP contribution in [0, 0.1) is 5.92 Å². The maximum absolute atomic E-state index is 11.8. The third kappa shape index (κ3) is 2.94. The largest absolute Gasteiger partial charge is 0.481 e. The molecule has 0 spiro atoms. The zero-order valence-corrected chi connectivity index (χ0v) is 9.46. The Bertz CT molecular complexity index is 399. The molecule has 0 radical (unpaired) electrons. The van der Waals surface area contributed by atoms with Crippen molar-refractivity contribution in [1.82, 2.24) is 4.90 Å². The average molecular weight is 237 g/mol. The summed E-state index contributed by atoms with van der Waals surface area (Å²) in [5, 5.41) is 8.94. The average Bonchev–Trinajstić information content (AvgIpc) is 2.82. The predicted molar refractivity (Wildman–Crippen MR) is 59.8 cm³/mol. The molecule has 17 heavy (non-hydrogen) atoms. The molecule has 1 aromatic rings. The molecule has 0 unspecified atom stereocenters. The third-order valence-electron chi connectivity index (χ3n) is 3.02. The summed E-state index contributed by atoms with van der Waals surface area (Å²) < 4.78 is 5.02. The molecule has 2 heterocycles. The standard InChI is InChI=1S/C12H15NO4/c14-10(11-4-2-6-17-11)8-13-5-1-3-9(7-13)12(15)16/h2,4,6,9H,1,3,5,7-8H2,(H,15,16)/t9-/m1/s1. The number of piperidine rings is 1. The molecule has 1 aliphatic heterocycles. The lowest BCUT2D eigenvalue weighted by Gasteiger charge is -2.29. The molecule has 5 heteroatoms. The summed E-state index contributed by atoms with van der Waals surface area (Å²) in [4.78, 5) is 24.5. The van der Waals surface area contributed by atoms with Crippen LogP contribution in [0.15, 0.2) is 22.8 Å². The molecule has 0 aliphatic carbocycles. The Labute approximate surface area is 99.0 Å². The maximum Gasteiger partial charge on any atom is 0.307 e. The molecule has 1 N–H and O–H groups in total. The number of carbonyl (C=O) groups excluding carboxylic acids is 1. The first kappa shape index (κ1) is 11.9. The van der Waals surface area contributed by atoms with Crippen molar-refractivity contribution in [3.8, 4) is 0 Å². The summed E-state index contributed by atoms with van der Waals surface area (Å²) in [5.74, 6) is -0.892. The topological polar surface area (TPSA) is 70.8 Å². The van der Waals surface area contributed by atoms with Crippen LogP contribution in [0.5, 0.6) is 0 Å². The van der Waals surface area contributed by atoms with Crippen LogP contribution in [-0.4, -0.2) is 41.4 Å². The molecule has 0 amide bonds. The number of rotatable bonds is 4. The molecule has 1 aliphatic rings.